The summed E-state index contributed by atoms with van der Waals surface area (Å²) in [7, 11) is 0. The number of hydrogen-bond acceptors (Lipinski definition) is 4. The second kappa shape index (κ2) is 6.80. The Morgan fingerprint density at radius 2 is 2.04 bits per heavy atom. The monoisotopic (exact) mass is 319 g/mol. The Kier molecular flexibility index (Phi) is 5.02. The van der Waals surface area contributed by atoms with Gasteiger partial charge in [-0.15, -0.1) is 0 Å². The van der Waals surface area contributed by atoms with Crippen LogP contribution in [0.1, 0.15) is 19.4 Å². The molecule has 0 spiro atoms. The maximum absolute atomic E-state index is 12.4. The van der Waals surface area contributed by atoms with Gasteiger partial charge in [-0.25, -0.2) is 0 Å². The molecule has 0 fully saturated rings. The summed E-state index contributed by atoms with van der Waals surface area (Å²) in [6.07, 6.45) is 0.827. The second-order valence-corrected chi connectivity index (χ2v) is 5.99. The number of hydrogen-bond donors (Lipinski definition) is 5. The number of nitrogens with one attached hydrogen (secondary N) is 3. The van der Waals surface area contributed by atoms with Gasteiger partial charge in [-0.1, -0.05) is 18.2 Å². The lowest BCUT2D eigenvalue weighted by atomic mass is 10.0. The normalized spacial score (nSPS) is 13.1. The molecule has 7 nitrogen and oxygen atoms in total. The highest BCUT2D eigenvalue weighted by Crippen LogP contribution is 2.19. The molecule has 0 bridgehead atoms. The first kappa shape index (κ1) is 17.0. The number of carbonyl (C=O) groups excluding carboxylic acids is 2. The molecule has 124 valence electrons. The molecule has 0 aliphatic rings. The van der Waals surface area contributed by atoms with E-state index in [9.17, 15) is 19.8 Å². The van der Waals surface area contributed by atoms with Gasteiger partial charge in [0.2, 0.25) is 12.3 Å². The summed E-state index contributed by atoms with van der Waals surface area (Å²) >= 11 is 0. The summed E-state index contributed by atoms with van der Waals surface area (Å²) in [5.74, 6) is -0.486. The van der Waals surface area contributed by atoms with Crippen LogP contribution in [0.3, 0.4) is 0 Å². The molecule has 7 heteroatoms. The fourth-order valence-corrected chi connectivity index (χ4v) is 2.30. The molecule has 0 aliphatic heterocycles. The first-order chi connectivity index (χ1) is 10.8. The van der Waals surface area contributed by atoms with Crippen molar-refractivity contribution in [1.82, 2.24) is 15.6 Å². The minimum atomic E-state index is -1.71. The topological polar surface area (TPSA) is 114 Å². The van der Waals surface area contributed by atoms with E-state index in [1.807, 2.05) is 24.3 Å². The minimum Gasteiger partial charge on any atom is -0.366 e. The van der Waals surface area contributed by atoms with Gasteiger partial charge in [-0.3, -0.25) is 9.59 Å². The standard InChI is InChI=1S/C16H21N3O4/c1-16(2,15(22)23)19-14(21)13(18-9-20)7-10-8-17-12-6-4-3-5-11(10)12/h3-6,8-9,13,15,17,22-23H,7H2,1-2H3,(H,18,20)(H,19,21). The number of aliphatic hydroxyl groups is 2. The van der Waals surface area contributed by atoms with E-state index in [2.05, 4.69) is 15.6 Å². The summed E-state index contributed by atoms with van der Waals surface area (Å²) in [5, 5.41) is 24.5. The van der Waals surface area contributed by atoms with Crippen molar-refractivity contribution in [3.63, 3.8) is 0 Å². The van der Waals surface area contributed by atoms with Crippen molar-refractivity contribution in [2.75, 3.05) is 0 Å². The van der Waals surface area contributed by atoms with Crippen LogP contribution in [0.4, 0.5) is 0 Å². The zero-order valence-electron chi connectivity index (χ0n) is 13.0. The van der Waals surface area contributed by atoms with Crippen LogP contribution in [0.15, 0.2) is 30.5 Å². The SMILES string of the molecule is CC(C)(NC(=O)C(Cc1c[nH]c2ccccc12)NC=O)C(O)O. The number of aromatic nitrogens is 1. The van der Waals surface area contributed by atoms with E-state index in [-0.39, 0.29) is 6.42 Å². The van der Waals surface area contributed by atoms with Crippen LogP contribution in [-0.4, -0.2) is 45.4 Å². The summed E-state index contributed by atoms with van der Waals surface area (Å²) in [6, 6.07) is 6.84. The maximum Gasteiger partial charge on any atom is 0.243 e. The number of carbonyl (C=O) groups is 2. The Morgan fingerprint density at radius 3 is 2.70 bits per heavy atom. The van der Waals surface area contributed by atoms with E-state index in [0.29, 0.717) is 6.41 Å². The Bertz CT molecular complexity index is 693. The molecule has 2 amide bonds. The number of aliphatic hydroxyl groups excluding tert-OH is 1. The number of para-hydroxylation sites is 1. The lowest BCUT2D eigenvalue weighted by Gasteiger charge is -2.30. The van der Waals surface area contributed by atoms with Crippen LogP contribution >= 0.6 is 0 Å². The van der Waals surface area contributed by atoms with E-state index in [1.54, 1.807) is 6.20 Å². The minimum absolute atomic E-state index is 0.284. The lowest BCUT2D eigenvalue weighted by molar-refractivity contribution is -0.136. The molecule has 1 heterocycles. The molecule has 1 aromatic heterocycles. The first-order valence-electron chi connectivity index (χ1n) is 7.28. The molecule has 1 aromatic carbocycles. The van der Waals surface area contributed by atoms with Crippen molar-refractivity contribution in [3.05, 3.63) is 36.0 Å². The van der Waals surface area contributed by atoms with Crippen LogP contribution < -0.4 is 10.6 Å². The van der Waals surface area contributed by atoms with Crippen molar-refractivity contribution in [2.24, 2.45) is 0 Å². The molecular weight excluding hydrogens is 298 g/mol. The Morgan fingerprint density at radius 1 is 1.35 bits per heavy atom. The largest absolute Gasteiger partial charge is 0.366 e. The Balaban J connectivity index is 2.18. The zero-order chi connectivity index (χ0) is 17.0. The number of fused-ring (bicyclic) bond motifs is 1. The third-order valence-corrected chi connectivity index (χ3v) is 3.78. The van der Waals surface area contributed by atoms with E-state index < -0.39 is 23.8 Å². The van der Waals surface area contributed by atoms with E-state index in [1.165, 1.54) is 13.8 Å². The van der Waals surface area contributed by atoms with Gasteiger partial charge in [0.25, 0.3) is 0 Å². The van der Waals surface area contributed by atoms with E-state index in [0.717, 1.165) is 16.5 Å². The van der Waals surface area contributed by atoms with Crippen molar-refractivity contribution >= 4 is 23.2 Å². The van der Waals surface area contributed by atoms with Gasteiger partial charge in [-0.05, 0) is 25.5 Å². The third kappa shape index (κ3) is 3.88. The smallest absolute Gasteiger partial charge is 0.243 e. The second-order valence-electron chi connectivity index (χ2n) is 5.99. The van der Waals surface area contributed by atoms with E-state index >= 15 is 0 Å². The number of amides is 2. The van der Waals surface area contributed by atoms with Crippen molar-refractivity contribution in [1.29, 1.82) is 0 Å². The summed E-state index contributed by atoms with van der Waals surface area (Å²) in [4.78, 5) is 26.3. The number of benzene rings is 1. The quantitative estimate of drug-likeness (QED) is 0.366. The van der Waals surface area contributed by atoms with Gasteiger partial charge in [-0.2, -0.15) is 0 Å². The molecule has 5 N–H and O–H groups in total. The average Bonchev–Trinajstić information content (AvgIpc) is 2.89. The van der Waals surface area contributed by atoms with Gasteiger partial charge < -0.3 is 25.8 Å². The summed E-state index contributed by atoms with van der Waals surface area (Å²) < 4.78 is 0. The van der Waals surface area contributed by atoms with Crippen LogP contribution in [0.25, 0.3) is 10.9 Å². The van der Waals surface area contributed by atoms with Crippen molar-refractivity contribution in [2.45, 2.75) is 38.1 Å². The van der Waals surface area contributed by atoms with Gasteiger partial charge in [0.15, 0.2) is 6.29 Å². The highest BCUT2D eigenvalue weighted by molar-refractivity contribution is 5.87. The molecule has 0 saturated carbocycles. The molecule has 1 unspecified atom stereocenters. The van der Waals surface area contributed by atoms with Crippen LogP contribution in [-0.2, 0) is 16.0 Å². The predicted octanol–water partition coefficient (Wildman–Crippen LogP) is 0.0305. The van der Waals surface area contributed by atoms with Gasteiger partial charge in [0.05, 0.1) is 5.54 Å². The third-order valence-electron chi connectivity index (χ3n) is 3.78. The van der Waals surface area contributed by atoms with Gasteiger partial charge in [0.1, 0.15) is 6.04 Å². The summed E-state index contributed by atoms with van der Waals surface area (Å²) in [5.41, 5.74) is 0.608. The van der Waals surface area contributed by atoms with Gasteiger partial charge >= 0.3 is 0 Å². The predicted molar refractivity (Wildman–Crippen MR) is 85.4 cm³/mol. The van der Waals surface area contributed by atoms with Gasteiger partial charge in [0, 0.05) is 23.5 Å². The molecule has 23 heavy (non-hydrogen) atoms. The fraction of sp³-hybridized carbons (Fsp3) is 0.375. The molecule has 0 aliphatic carbocycles. The first-order valence-corrected chi connectivity index (χ1v) is 7.28. The molecular formula is C16H21N3O4. The van der Waals surface area contributed by atoms with Crippen LogP contribution in [0.5, 0.6) is 0 Å². The molecule has 2 rings (SSSR count). The fourth-order valence-electron chi connectivity index (χ4n) is 2.30. The molecule has 2 aromatic rings. The zero-order valence-corrected chi connectivity index (χ0v) is 13.0. The highest BCUT2D eigenvalue weighted by Gasteiger charge is 2.31. The molecule has 0 radical (unpaired) electrons. The van der Waals surface area contributed by atoms with Crippen molar-refractivity contribution < 1.29 is 19.8 Å². The van der Waals surface area contributed by atoms with Crippen molar-refractivity contribution in [3.8, 4) is 0 Å². The molecule has 1 atom stereocenters. The van der Waals surface area contributed by atoms with E-state index in [4.69, 9.17) is 0 Å². The number of aromatic amines is 1. The Hall–Kier alpha value is -2.38. The number of rotatable bonds is 7. The Labute approximate surface area is 133 Å². The highest BCUT2D eigenvalue weighted by atomic mass is 16.5. The van der Waals surface area contributed by atoms with Crippen LogP contribution in [0.2, 0.25) is 0 Å². The lowest BCUT2D eigenvalue weighted by Crippen LogP contribution is -2.57. The van der Waals surface area contributed by atoms with Crippen LogP contribution in [0, 0.1) is 0 Å². The molecule has 0 saturated heterocycles. The average molecular weight is 319 g/mol. The summed E-state index contributed by atoms with van der Waals surface area (Å²) in [6.45, 7) is 2.97. The maximum atomic E-state index is 12.4. The number of H-pyrrole nitrogens is 1.